The smallest absolute Gasteiger partial charge is 0.310 e. The number of nitro groups is 1. The molecule has 88 valence electrons. The first-order valence-electron chi connectivity index (χ1n) is 5.07. The predicted molar refractivity (Wildman–Crippen MR) is 67.0 cm³/mol. The summed E-state index contributed by atoms with van der Waals surface area (Å²) in [6.07, 6.45) is 7.02. The van der Waals surface area contributed by atoms with Gasteiger partial charge < -0.3 is 5.32 Å². The Bertz CT molecular complexity index is 347. The van der Waals surface area contributed by atoms with E-state index in [0.717, 1.165) is 25.1 Å². The Morgan fingerprint density at radius 3 is 3.06 bits per heavy atom. The molecule has 6 heteroatoms. The molecule has 0 unspecified atom stereocenters. The minimum Gasteiger partial charge on any atom is -0.379 e. The lowest BCUT2D eigenvalue weighted by Gasteiger charge is -2.05. The van der Waals surface area contributed by atoms with Crippen molar-refractivity contribution in [2.24, 2.45) is 0 Å². The molecule has 5 nitrogen and oxygen atoms in total. The first-order chi connectivity index (χ1) is 7.75. The van der Waals surface area contributed by atoms with Crippen LogP contribution in [0.5, 0.6) is 0 Å². The SMILES string of the molecule is CSCCCCNc1ccncc1[N+](=O)[O-]. The maximum atomic E-state index is 10.7. The third-order valence-electron chi connectivity index (χ3n) is 2.09. The van der Waals surface area contributed by atoms with E-state index in [4.69, 9.17) is 0 Å². The van der Waals surface area contributed by atoms with Crippen molar-refractivity contribution in [2.75, 3.05) is 23.9 Å². The van der Waals surface area contributed by atoms with Gasteiger partial charge in [0.2, 0.25) is 0 Å². The Morgan fingerprint density at radius 2 is 2.38 bits per heavy atom. The highest BCUT2D eigenvalue weighted by Crippen LogP contribution is 2.21. The number of anilines is 1. The molecule has 0 bridgehead atoms. The van der Waals surface area contributed by atoms with E-state index in [1.54, 1.807) is 12.3 Å². The zero-order chi connectivity index (χ0) is 11.8. The molecule has 0 fully saturated rings. The van der Waals surface area contributed by atoms with Crippen molar-refractivity contribution >= 4 is 23.1 Å². The molecule has 1 aromatic heterocycles. The molecule has 0 amide bonds. The van der Waals surface area contributed by atoms with Gasteiger partial charge in [-0.15, -0.1) is 0 Å². The van der Waals surface area contributed by atoms with Crippen molar-refractivity contribution in [3.63, 3.8) is 0 Å². The normalized spacial score (nSPS) is 10.1. The standard InChI is InChI=1S/C10H15N3O2S/c1-16-7-3-2-5-12-9-4-6-11-8-10(9)13(14)15/h4,6,8H,2-3,5,7H2,1H3,(H,11,12). The van der Waals surface area contributed by atoms with Gasteiger partial charge >= 0.3 is 5.69 Å². The number of hydrogen-bond donors (Lipinski definition) is 1. The van der Waals surface area contributed by atoms with Crippen molar-refractivity contribution in [1.82, 2.24) is 4.98 Å². The summed E-state index contributed by atoms with van der Waals surface area (Å²) >= 11 is 1.81. The van der Waals surface area contributed by atoms with E-state index in [0.29, 0.717) is 5.69 Å². The van der Waals surface area contributed by atoms with E-state index < -0.39 is 4.92 Å². The van der Waals surface area contributed by atoms with Gasteiger partial charge in [-0.25, -0.2) is 0 Å². The van der Waals surface area contributed by atoms with E-state index in [2.05, 4.69) is 16.6 Å². The first kappa shape index (κ1) is 12.8. The number of nitrogens with zero attached hydrogens (tertiary/aromatic N) is 2. The minimum atomic E-state index is -0.419. The summed E-state index contributed by atoms with van der Waals surface area (Å²) in [6.45, 7) is 0.755. The molecule has 0 saturated heterocycles. The van der Waals surface area contributed by atoms with E-state index in [-0.39, 0.29) is 5.69 Å². The average Bonchev–Trinajstić information content (AvgIpc) is 2.29. The zero-order valence-corrected chi connectivity index (χ0v) is 10.00. The Morgan fingerprint density at radius 1 is 1.56 bits per heavy atom. The molecule has 0 radical (unpaired) electrons. The van der Waals surface area contributed by atoms with Crippen LogP contribution in [-0.4, -0.2) is 28.5 Å². The fourth-order valence-electron chi connectivity index (χ4n) is 1.28. The maximum Gasteiger partial charge on any atom is 0.310 e. The predicted octanol–water partition coefficient (Wildman–Crippen LogP) is 2.54. The molecular weight excluding hydrogens is 226 g/mol. The van der Waals surface area contributed by atoms with E-state index >= 15 is 0 Å². The van der Waals surface area contributed by atoms with Crippen molar-refractivity contribution in [2.45, 2.75) is 12.8 Å². The highest BCUT2D eigenvalue weighted by molar-refractivity contribution is 7.98. The molecule has 1 aromatic rings. The van der Waals surface area contributed by atoms with Crippen LogP contribution in [0, 0.1) is 10.1 Å². The van der Waals surface area contributed by atoms with Gasteiger partial charge in [-0.3, -0.25) is 15.1 Å². The molecule has 16 heavy (non-hydrogen) atoms. The number of pyridine rings is 1. The van der Waals surface area contributed by atoms with Gasteiger partial charge in [0.1, 0.15) is 11.9 Å². The lowest BCUT2D eigenvalue weighted by Crippen LogP contribution is -2.04. The third-order valence-corrected chi connectivity index (χ3v) is 2.78. The van der Waals surface area contributed by atoms with Crippen LogP contribution < -0.4 is 5.32 Å². The molecule has 1 rings (SSSR count). The van der Waals surface area contributed by atoms with E-state index in [9.17, 15) is 10.1 Å². The number of unbranched alkanes of at least 4 members (excludes halogenated alkanes) is 1. The van der Waals surface area contributed by atoms with Crippen LogP contribution in [0.15, 0.2) is 18.5 Å². The van der Waals surface area contributed by atoms with Crippen LogP contribution in [0.4, 0.5) is 11.4 Å². The molecule has 0 aliphatic heterocycles. The summed E-state index contributed by atoms with van der Waals surface area (Å²) in [5, 5.41) is 13.7. The summed E-state index contributed by atoms with van der Waals surface area (Å²) in [4.78, 5) is 14.0. The minimum absolute atomic E-state index is 0.0346. The molecule has 0 aliphatic rings. The third kappa shape index (κ3) is 4.06. The van der Waals surface area contributed by atoms with Gasteiger partial charge in [0.05, 0.1) is 4.92 Å². The summed E-state index contributed by atoms with van der Waals surface area (Å²) in [5.74, 6) is 1.13. The number of hydrogen-bond acceptors (Lipinski definition) is 5. The Hall–Kier alpha value is -1.30. The largest absolute Gasteiger partial charge is 0.379 e. The number of nitrogens with one attached hydrogen (secondary N) is 1. The highest BCUT2D eigenvalue weighted by atomic mass is 32.2. The molecule has 0 aliphatic carbocycles. The number of rotatable bonds is 7. The quantitative estimate of drug-likeness (QED) is 0.451. The second-order valence-corrected chi connectivity index (χ2v) is 4.26. The molecule has 0 aromatic carbocycles. The van der Waals surface area contributed by atoms with Gasteiger partial charge in [-0.2, -0.15) is 11.8 Å². The maximum absolute atomic E-state index is 10.7. The monoisotopic (exact) mass is 241 g/mol. The van der Waals surface area contributed by atoms with Crippen LogP contribution in [-0.2, 0) is 0 Å². The molecule has 1 heterocycles. The Kier molecular flexibility index (Phi) is 5.63. The highest BCUT2D eigenvalue weighted by Gasteiger charge is 2.11. The van der Waals surface area contributed by atoms with Gasteiger partial charge in [-0.05, 0) is 30.9 Å². The van der Waals surface area contributed by atoms with Crippen molar-refractivity contribution in [1.29, 1.82) is 0 Å². The van der Waals surface area contributed by atoms with Gasteiger partial charge in [0, 0.05) is 12.7 Å². The lowest BCUT2D eigenvalue weighted by molar-refractivity contribution is -0.384. The summed E-state index contributed by atoms with van der Waals surface area (Å²) < 4.78 is 0. The van der Waals surface area contributed by atoms with Crippen LogP contribution in [0.1, 0.15) is 12.8 Å². The Labute approximate surface area is 98.8 Å². The van der Waals surface area contributed by atoms with Gasteiger partial charge in [0.15, 0.2) is 0 Å². The fraction of sp³-hybridized carbons (Fsp3) is 0.500. The van der Waals surface area contributed by atoms with E-state index in [1.807, 2.05) is 11.8 Å². The second kappa shape index (κ2) is 7.05. The molecule has 0 atom stereocenters. The van der Waals surface area contributed by atoms with Crippen molar-refractivity contribution < 1.29 is 4.92 Å². The molecular formula is C10H15N3O2S. The Balaban J connectivity index is 2.44. The van der Waals surface area contributed by atoms with Crippen LogP contribution in [0.2, 0.25) is 0 Å². The van der Waals surface area contributed by atoms with Gasteiger partial charge in [0.25, 0.3) is 0 Å². The summed E-state index contributed by atoms with van der Waals surface area (Å²) in [6, 6.07) is 1.63. The fourth-order valence-corrected chi connectivity index (χ4v) is 1.77. The van der Waals surface area contributed by atoms with Gasteiger partial charge in [-0.1, -0.05) is 0 Å². The van der Waals surface area contributed by atoms with Crippen LogP contribution in [0.3, 0.4) is 0 Å². The summed E-state index contributed by atoms with van der Waals surface area (Å²) in [5.41, 5.74) is 0.580. The topological polar surface area (TPSA) is 68.1 Å². The molecule has 1 N–H and O–H groups in total. The average molecular weight is 241 g/mol. The number of aromatic nitrogens is 1. The lowest BCUT2D eigenvalue weighted by atomic mass is 10.3. The van der Waals surface area contributed by atoms with Crippen molar-refractivity contribution in [3.05, 3.63) is 28.6 Å². The molecule has 0 spiro atoms. The molecule has 0 saturated carbocycles. The zero-order valence-electron chi connectivity index (χ0n) is 9.18. The van der Waals surface area contributed by atoms with Crippen LogP contribution in [0.25, 0.3) is 0 Å². The van der Waals surface area contributed by atoms with Crippen LogP contribution >= 0.6 is 11.8 Å². The number of thioether (sulfide) groups is 1. The second-order valence-electron chi connectivity index (χ2n) is 3.28. The first-order valence-corrected chi connectivity index (χ1v) is 6.46. The summed E-state index contributed by atoms with van der Waals surface area (Å²) in [7, 11) is 0. The van der Waals surface area contributed by atoms with Crippen molar-refractivity contribution in [3.8, 4) is 0 Å². The van der Waals surface area contributed by atoms with E-state index in [1.165, 1.54) is 6.20 Å².